The molecular formula is C26H15NO9. The molecule has 3 aromatic carbocycles. The summed E-state index contributed by atoms with van der Waals surface area (Å²) in [6.45, 7) is 0. The van der Waals surface area contributed by atoms with Gasteiger partial charge in [-0.2, -0.15) is 0 Å². The highest BCUT2D eigenvalue weighted by Gasteiger charge is 2.38. The van der Waals surface area contributed by atoms with Gasteiger partial charge in [0.25, 0.3) is 0 Å². The molecule has 0 atom stereocenters. The van der Waals surface area contributed by atoms with E-state index < -0.39 is 33.5 Å². The summed E-state index contributed by atoms with van der Waals surface area (Å²) in [7, 11) is 1.27. The third kappa shape index (κ3) is 2.97. The molecule has 0 spiro atoms. The number of nitro groups is 1. The summed E-state index contributed by atoms with van der Waals surface area (Å²) in [5.41, 5.74) is -0.720. The van der Waals surface area contributed by atoms with Crippen molar-refractivity contribution in [2.75, 3.05) is 7.11 Å². The lowest BCUT2D eigenvalue weighted by Crippen LogP contribution is -2.22. The second-order valence-corrected chi connectivity index (χ2v) is 8.14. The van der Waals surface area contributed by atoms with Gasteiger partial charge in [0.2, 0.25) is 17.2 Å². The number of para-hydroxylation sites is 2. The van der Waals surface area contributed by atoms with E-state index in [0.717, 1.165) is 0 Å². The molecular weight excluding hydrogens is 470 g/mol. The molecule has 1 aliphatic rings. The Balaban J connectivity index is 1.83. The van der Waals surface area contributed by atoms with Crippen molar-refractivity contribution in [3.05, 3.63) is 108 Å². The number of phenols is 1. The van der Waals surface area contributed by atoms with E-state index in [-0.39, 0.29) is 34.0 Å². The van der Waals surface area contributed by atoms with Gasteiger partial charge in [-0.1, -0.05) is 36.4 Å². The minimum Gasteiger partial charge on any atom is -0.500 e. The van der Waals surface area contributed by atoms with E-state index in [1.165, 1.54) is 19.2 Å². The van der Waals surface area contributed by atoms with Crippen LogP contribution in [0.2, 0.25) is 0 Å². The third-order valence-electron chi connectivity index (χ3n) is 6.23. The van der Waals surface area contributed by atoms with Crippen molar-refractivity contribution in [2.24, 2.45) is 0 Å². The first-order valence-electron chi connectivity index (χ1n) is 10.7. The van der Waals surface area contributed by atoms with Gasteiger partial charge in [0.15, 0.2) is 5.75 Å². The summed E-state index contributed by atoms with van der Waals surface area (Å²) in [5, 5.41) is 23.2. The fraction of sp³-hybridized carbons (Fsp3) is 0.0769. The molecule has 36 heavy (non-hydrogen) atoms. The maximum Gasteiger partial charge on any atom is 0.380 e. The molecule has 0 aliphatic carbocycles. The molecule has 3 heterocycles. The zero-order valence-corrected chi connectivity index (χ0v) is 18.5. The smallest absolute Gasteiger partial charge is 0.380 e. The van der Waals surface area contributed by atoms with Crippen molar-refractivity contribution >= 4 is 27.6 Å². The van der Waals surface area contributed by atoms with E-state index in [9.17, 15) is 24.8 Å². The van der Waals surface area contributed by atoms with E-state index in [1.54, 1.807) is 48.5 Å². The molecule has 1 N–H and O–H groups in total. The number of ether oxygens (including phenoxy) is 2. The van der Waals surface area contributed by atoms with Gasteiger partial charge < -0.3 is 23.4 Å². The van der Waals surface area contributed by atoms with Gasteiger partial charge in [0.1, 0.15) is 11.2 Å². The predicted octanol–water partition coefficient (Wildman–Crippen LogP) is 4.81. The van der Waals surface area contributed by atoms with Gasteiger partial charge in [0, 0.05) is 33.9 Å². The largest absolute Gasteiger partial charge is 0.500 e. The predicted molar refractivity (Wildman–Crippen MR) is 127 cm³/mol. The highest BCUT2D eigenvalue weighted by atomic mass is 16.6. The number of rotatable bonds is 3. The lowest BCUT2D eigenvalue weighted by molar-refractivity contribution is -0.386. The lowest BCUT2D eigenvalue weighted by atomic mass is 9.80. The van der Waals surface area contributed by atoms with Crippen LogP contribution in [-0.2, 0) is 0 Å². The molecule has 10 heteroatoms. The molecule has 0 amide bonds. The van der Waals surface area contributed by atoms with Crippen molar-refractivity contribution in [2.45, 2.75) is 5.92 Å². The zero-order chi connectivity index (χ0) is 25.1. The van der Waals surface area contributed by atoms with Crippen molar-refractivity contribution in [1.29, 1.82) is 0 Å². The van der Waals surface area contributed by atoms with Crippen molar-refractivity contribution < 1.29 is 28.3 Å². The Kier molecular flexibility index (Phi) is 4.58. The molecule has 0 saturated heterocycles. The Morgan fingerprint density at radius 3 is 1.92 bits per heavy atom. The molecule has 178 valence electrons. The number of methoxy groups -OCH3 is 1. The van der Waals surface area contributed by atoms with E-state index in [1.807, 2.05) is 0 Å². The van der Waals surface area contributed by atoms with E-state index in [2.05, 4.69) is 0 Å². The summed E-state index contributed by atoms with van der Waals surface area (Å²) < 4.78 is 21.9. The van der Waals surface area contributed by atoms with Crippen LogP contribution in [0.1, 0.15) is 22.6 Å². The van der Waals surface area contributed by atoms with E-state index >= 15 is 0 Å². The van der Waals surface area contributed by atoms with Crippen LogP contribution in [-0.4, -0.2) is 17.1 Å². The average Bonchev–Trinajstić information content (AvgIpc) is 2.88. The van der Waals surface area contributed by atoms with E-state index in [0.29, 0.717) is 21.9 Å². The maximum absolute atomic E-state index is 13.0. The molecule has 0 fully saturated rings. The van der Waals surface area contributed by atoms with Crippen LogP contribution in [0.25, 0.3) is 21.9 Å². The number of nitrogens with zero attached hydrogens (tertiary/aromatic N) is 1. The molecule has 0 radical (unpaired) electrons. The molecule has 1 aliphatic heterocycles. The minimum atomic E-state index is -0.917. The maximum atomic E-state index is 13.0. The molecule has 0 unspecified atom stereocenters. The van der Waals surface area contributed by atoms with Gasteiger partial charge in [-0.3, -0.25) is 10.1 Å². The van der Waals surface area contributed by atoms with Crippen LogP contribution < -0.4 is 20.7 Å². The monoisotopic (exact) mass is 485 g/mol. The van der Waals surface area contributed by atoms with Gasteiger partial charge in [-0.25, -0.2) is 9.59 Å². The Bertz CT molecular complexity index is 1750. The van der Waals surface area contributed by atoms with Crippen LogP contribution in [0.15, 0.2) is 79.1 Å². The molecule has 0 saturated carbocycles. The second kappa shape index (κ2) is 7.70. The Morgan fingerprint density at radius 2 is 1.42 bits per heavy atom. The summed E-state index contributed by atoms with van der Waals surface area (Å²) in [5.74, 6) is -2.17. The Morgan fingerprint density at radius 1 is 0.889 bits per heavy atom. The lowest BCUT2D eigenvalue weighted by Gasteiger charge is -2.29. The Labute approximate surface area is 200 Å². The minimum absolute atomic E-state index is 0.145. The fourth-order valence-corrected chi connectivity index (χ4v) is 4.73. The van der Waals surface area contributed by atoms with Gasteiger partial charge >= 0.3 is 16.9 Å². The zero-order valence-electron chi connectivity index (χ0n) is 18.5. The topological polar surface area (TPSA) is 142 Å². The quantitative estimate of drug-likeness (QED) is 0.212. The fourth-order valence-electron chi connectivity index (χ4n) is 4.73. The van der Waals surface area contributed by atoms with Crippen LogP contribution >= 0.6 is 0 Å². The first-order valence-corrected chi connectivity index (χ1v) is 10.7. The first kappa shape index (κ1) is 21.4. The van der Waals surface area contributed by atoms with Crippen molar-refractivity contribution in [3.8, 4) is 23.0 Å². The van der Waals surface area contributed by atoms with Crippen molar-refractivity contribution in [1.82, 2.24) is 0 Å². The average molecular weight is 485 g/mol. The van der Waals surface area contributed by atoms with Crippen LogP contribution in [0.4, 0.5) is 5.69 Å². The molecule has 5 aromatic rings. The molecule has 2 aromatic heterocycles. The van der Waals surface area contributed by atoms with E-state index in [4.69, 9.17) is 18.3 Å². The Hall–Kier alpha value is -5.12. The number of nitro benzene ring substituents is 1. The standard InChI is InChI=1S/C26H15NO9/c1-33-18-11-12(10-15(22(18)28)27(31)32)19-20-13-6-2-4-8-16(13)34-25(29)23(20)36-24-21(19)14-7-3-5-9-17(14)35-26(24)30/h2-11,19,28H,1H3. The summed E-state index contributed by atoms with van der Waals surface area (Å²) >= 11 is 0. The number of hydrogen-bond donors (Lipinski definition) is 1. The molecule has 6 rings (SSSR count). The van der Waals surface area contributed by atoms with Crippen LogP contribution in [0.5, 0.6) is 23.0 Å². The summed E-state index contributed by atoms with van der Waals surface area (Å²) in [4.78, 5) is 37.0. The first-order chi connectivity index (χ1) is 17.4. The van der Waals surface area contributed by atoms with Gasteiger partial charge in [-0.05, 0) is 23.8 Å². The number of phenolic OH excluding ortho intramolecular Hbond substituents is 1. The number of fused-ring (bicyclic) bond motifs is 6. The highest BCUT2D eigenvalue weighted by Crippen LogP contribution is 2.51. The van der Waals surface area contributed by atoms with Gasteiger partial charge in [-0.15, -0.1) is 0 Å². The van der Waals surface area contributed by atoms with Gasteiger partial charge in [0.05, 0.1) is 12.0 Å². The number of benzene rings is 3. The summed E-state index contributed by atoms with van der Waals surface area (Å²) in [6, 6.07) is 16.2. The second-order valence-electron chi connectivity index (χ2n) is 8.14. The SMILES string of the molecule is COc1cc(C2c3c(c(=O)oc4ccccc34)Oc3c2c2ccccc2oc3=O)cc([N+](=O)[O-])c1O. The van der Waals surface area contributed by atoms with Crippen molar-refractivity contribution in [3.63, 3.8) is 0 Å². The molecule has 0 bridgehead atoms. The van der Waals surface area contributed by atoms with Crippen LogP contribution in [0, 0.1) is 10.1 Å². The summed E-state index contributed by atoms with van der Waals surface area (Å²) in [6.07, 6.45) is 0. The normalized spacial score (nSPS) is 12.7. The third-order valence-corrected chi connectivity index (χ3v) is 6.23. The molecule has 10 nitrogen and oxygen atoms in total. The number of aromatic hydroxyl groups is 1. The highest BCUT2D eigenvalue weighted by molar-refractivity contribution is 5.90. The van der Waals surface area contributed by atoms with Crippen LogP contribution in [0.3, 0.4) is 0 Å². The number of hydrogen-bond acceptors (Lipinski definition) is 9.